The van der Waals surface area contributed by atoms with Crippen LogP contribution >= 0.6 is 12.2 Å². The van der Waals surface area contributed by atoms with Crippen molar-refractivity contribution in [3.63, 3.8) is 0 Å². The molecule has 1 unspecified atom stereocenters. The first kappa shape index (κ1) is 19.6. The second kappa shape index (κ2) is 6.82. The summed E-state index contributed by atoms with van der Waals surface area (Å²) >= 11 is 5.46. The molecule has 5 rings (SSSR count). The van der Waals surface area contributed by atoms with Crippen LogP contribution in [0.4, 0.5) is 5.69 Å². The molecule has 3 aromatic rings. The molecule has 1 spiro atoms. The van der Waals surface area contributed by atoms with Crippen molar-refractivity contribution in [1.82, 2.24) is 0 Å². The number of phenolic OH excluding ortho intramolecular Hbond substituents is 1. The number of fused-ring (bicyclic) bond motifs is 6. The fourth-order valence-corrected chi connectivity index (χ4v) is 4.36. The minimum absolute atomic E-state index is 0.0762. The van der Waals surface area contributed by atoms with Gasteiger partial charge in [-0.3, -0.25) is 0 Å². The van der Waals surface area contributed by atoms with Crippen LogP contribution in [0.3, 0.4) is 0 Å². The van der Waals surface area contributed by atoms with E-state index in [1.807, 2.05) is 57.2 Å². The summed E-state index contributed by atoms with van der Waals surface area (Å²) < 4.78 is 12.3. The van der Waals surface area contributed by atoms with E-state index in [-0.39, 0.29) is 11.7 Å². The average molecular weight is 432 g/mol. The van der Waals surface area contributed by atoms with Crippen LogP contribution in [-0.2, 0) is 10.3 Å². The predicted octanol–water partition coefficient (Wildman–Crippen LogP) is 5.66. The van der Waals surface area contributed by atoms with Crippen LogP contribution in [0.2, 0.25) is 0 Å². The summed E-state index contributed by atoms with van der Waals surface area (Å²) in [6.45, 7) is 5.97. The molecule has 0 saturated carbocycles. The van der Waals surface area contributed by atoms with Crippen LogP contribution in [0.15, 0.2) is 54.6 Å². The standard InChI is InChI=1S/C25H21NO4S/c1-13(2)23(31)26-19-6-4-5-18-22(19)24(28)30-25(18)16-9-7-14(3)11-20(16)29-21-12-15(27)8-10-17(21)25/h4-13,27H,1-3H3,(H,26,31). The monoisotopic (exact) mass is 431 g/mol. The van der Waals surface area contributed by atoms with Gasteiger partial charge < -0.3 is 19.9 Å². The summed E-state index contributed by atoms with van der Waals surface area (Å²) in [7, 11) is 0. The highest BCUT2D eigenvalue weighted by atomic mass is 32.1. The first-order valence-corrected chi connectivity index (χ1v) is 10.5. The number of phenols is 1. The summed E-state index contributed by atoms with van der Waals surface area (Å²) in [5.74, 6) is 0.821. The lowest BCUT2D eigenvalue weighted by Gasteiger charge is -2.36. The Morgan fingerprint density at radius 3 is 2.48 bits per heavy atom. The highest BCUT2D eigenvalue weighted by molar-refractivity contribution is 7.80. The SMILES string of the molecule is Cc1ccc2c(c1)Oc1cc(O)ccc1C21OC(=O)c2c(NC(=S)C(C)C)cccc21. The number of aryl methyl sites for hydroxylation is 1. The number of benzene rings is 3. The Bertz CT molecular complexity index is 1210. The van der Waals surface area contributed by atoms with Crippen molar-refractivity contribution in [2.45, 2.75) is 26.4 Å². The van der Waals surface area contributed by atoms with Gasteiger partial charge >= 0.3 is 5.97 Å². The normalized spacial score (nSPS) is 18.1. The van der Waals surface area contributed by atoms with Crippen molar-refractivity contribution in [2.75, 3.05) is 5.32 Å². The molecule has 0 aliphatic carbocycles. The number of ether oxygens (including phenoxy) is 2. The fourth-order valence-electron chi connectivity index (χ4n) is 4.25. The van der Waals surface area contributed by atoms with Crippen molar-refractivity contribution >= 4 is 28.9 Å². The zero-order valence-electron chi connectivity index (χ0n) is 17.4. The lowest BCUT2D eigenvalue weighted by atomic mass is 9.77. The van der Waals surface area contributed by atoms with Crippen LogP contribution in [0.25, 0.3) is 0 Å². The molecule has 2 heterocycles. The Morgan fingerprint density at radius 2 is 1.74 bits per heavy atom. The van der Waals surface area contributed by atoms with Gasteiger partial charge in [0.15, 0.2) is 5.60 Å². The summed E-state index contributed by atoms with van der Waals surface area (Å²) in [5.41, 5.74) is 3.04. The van der Waals surface area contributed by atoms with Gasteiger partial charge in [0.05, 0.1) is 16.2 Å². The van der Waals surface area contributed by atoms with E-state index in [2.05, 4.69) is 5.32 Å². The smallest absolute Gasteiger partial charge is 0.342 e. The summed E-state index contributed by atoms with van der Waals surface area (Å²) in [5, 5.41) is 13.3. The number of hydrogen-bond donors (Lipinski definition) is 2. The lowest BCUT2D eigenvalue weighted by Crippen LogP contribution is -2.33. The second-order valence-electron chi connectivity index (χ2n) is 8.22. The quantitative estimate of drug-likeness (QED) is 0.403. The molecule has 2 aliphatic rings. The Hall–Kier alpha value is -3.38. The molecule has 6 heteroatoms. The van der Waals surface area contributed by atoms with Crippen LogP contribution in [0.5, 0.6) is 17.2 Å². The Balaban J connectivity index is 1.80. The van der Waals surface area contributed by atoms with Gasteiger partial charge in [0.25, 0.3) is 0 Å². The Morgan fingerprint density at radius 1 is 1.03 bits per heavy atom. The van der Waals surface area contributed by atoms with Gasteiger partial charge in [-0.2, -0.15) is 0 Å². The number of aromatic hydroxyl groups is 1. The van der Waals surface area contributed by atoms with Crippen molar-refractivity contribution in [3.05, 3.63) is 82.4 Å². The van der Waals surface area contributed by atoms with Gasteiger partial charge in [0, 0.05) is 28.7 Å². The molecule has 1 atom stereocenters. The van der Waals surface area contributed by atoms with Crippen molar-refractivity contribution in [1.29, 1.82) is 0 Å². The molecule has 2 N–H and O–H groups in total. The van der Waals surface area contributed by atoms with Crippen LogP contribution in [0.1, 0.15) is 46.5 Å². The van der Waals surface area contributed by atoms with Crippen molar-refractivity contribution in [2.24, 2.45) is 5.92 Å². The van der Waals surface area contributed by atoms with Gasteiger partial charge in [-0.15, -0.1) is 0 Å². The summed E-state index contributed by atoms with van der Waals surface area (Å²) in [6.07, 6.45) is 0. The zero-order chi connectivity index (χ0) is 21.9. The number of hydrogen-bond acceptors (Lipinski definition) is 5. The molecule has 31 heavy (non-hydrogen) atoms. The third-order valence-corrected chi connectivity index (χ3v) is 6.33. The van der Waals surface area contributed by atoms with E-state index in [1.165, 1.54) is 0 Å². The van der Waals surface area contributed by atoms with Gasteiger partial charge in [-0.1, -0.05) is 50.3 Å². The minimum Gasteiger partial charge on any atom is -0.508 e. The van der Waals surface area contributed by atoms with Crippen molar-refractivity contribution < 1.29 is 19.4 Å². The van der Waals surface area contributed by atoms with E-state index in [4.69, 9.17) is 21.7 Å². The van der Waals surface area contributed by atoms with E-state index in [0.29, 0.717) is 33.3 Å². The number of carbonyl (C=O) groups excluding carboxylic acids is 1. The summed E-state index contributed by atoms with van der Waals surface area (Å²) in [4.78, 5) is 13.9. The zero-order valence-corrected chi connectivity index (χ0v) is 18.2. The number of thiocarbonyl (C=S) groups is 1. The number of nitrogens with one attached hydrogen (secondary N) is 1. The topological polar surface area (TPSA) is 67.8 Å². The molecule has 0 aromatic heterocycles. The molecule has 0 amide bonds. The van der Waals surface area contributed by atoms with Crippen LogP contribution in [-0.4, -0.2) is 16.1 Å². The van der Waals surface area contributed by atoms with Gasteiger partial charge in [-0.25, -0.2) is 4.79 Å². The molecule has 0 radical (unpaired) electrons. The molecule has 3 aromatic carbocycles. The van der Waals surface area contributed by atoms with Crippen LogP contribution in [0, 0.1) is 12.8 Å². The number of carbonyl (C=O) groups is 1. The molecule has 5 nitrogen and oxygen atoms in total. The predicted molar refractivity (Wildman–Crippen MR) is 122 cm³/mol. The highest BCUT2D eigenvalue weighted by Gasteiger charge is 2.54. The molecule has 0 fully saturated rings. The molecular formula is C25H21NO4S. The van der Waals surface area contributed by atoms with Gasteiger partial charge in [-0.05, 0) is 36.8 Å². The first-order chi connectivity index (χ1) is 14.8. The molecule has 0 bridgehead atoms. The van der Waals surface area contributed by atoms with E-state index >= 15 is 0 Å². The Kier molecular flexibility index (Phi) is 4.31. The number of esters is 1. The molecule has 2 aliphatic heterocycles. The largest absolute Gasteiger partial charge is 0.508 e. The number of anilines is 1. The minimum atomic E-state index is -1.17. The van der Waals surface area contributed by atoms with E-state index in [0.717, 1.165) is 16.7 Å². The maximum absolute atomic E-state index is 13.3. The van der Waals surface area contributed by atoms with E-state index in [9.17, 15) is 9.90 Å². The average Bonchev–Trinajstić information content (AvgIpc) is 3.01. The highest BCUT2D eigenvalue weighted by Crippen LogP contribution is 2.57. The third-order valence-electron chi connectivity index (χ3n) is 5.76. The summed E-state index contributed by atoms with van der Waals surface area (Å²) in [6, 6.07) is 16.3. The second-order valence-corrected chi connectivity index (χ2v) is 8.66. The number of rotatable bonds is 2. The van der Waals surface area contributed by atoms with Gasteiger partial charge in [0.1, 0.15) is 17.2 Å². The lowest BCUT2D eigenvalue weighted by molar-refractivity contribution is 0.0225. The van der Waals surface area contributed by atoms with Crippen LogP contribution < -0.4 is 10.1 Å². The van der Waals surface area contributed by atoms with E-state index < -0.39 is 11.6 Å². The van der Waals surface area contributed by atoms with Crippen molar-refractivity contribution in [3.8, 4) is 17.2 Å². The molecular weight excluding hydrogens is 410 g/mol. The maximum atomic E-state index is 13.3. The third kappa shape index (κ3) is 2.82. The molecule has 0 saturated heterocycles. The van der Waals surface area contributed by atoms with E-state index in [1.54, 1.807) is 18.2 Å². The first-order valence-electron chi connectivity index (χ1n) is 10.1. The van der Waals surface area contributed by atoms with Gasteiger partial charge in [0.2, 0.25) is 0 Å². The Labute approximate surface area is 185 Å². The maximum Gasteiger partial charge on any atom is 0.342 e. The molecule has 156 valence electrons. The fraction of sp³-hybridized carbons (Fsp3) is 0.200.